The Bertz CT molecular complexity index is 459. The molecule has 0 saturated carbocycles. The van der Waals surface area contributed by atoms with Gasteiger partial charge in [0.05, 0.1) is 5.56 Å². The Labute approximate surface area is 119 Å². The molecule has 108 valence electrons. The van der Waals surface area contributed by atoms with Crippen molar-refractivity contribution < 1.29 is 14.7 Å². The van der Waals surface area contributed by atoms with Crippen LogP contribution in [0, 0.1) is 0 Å². The Kier molecular flexibility index (Phi) is 5.16. The van der Waals surface area contributed by atoms with Crippen molar-refractivity contribution in [2.75, 3.05) is 13.1 Å². The topological polar surface area (TPSA) is 57.6 Å². The van der Waals surface area contributed by atoms with E-state index in [1.54, 1.807) is 24.3 Å². The molecule has 20 heavy (non-hydrogen) atoms. The summed E-state index contributed by atoms with van der Waals surface area (Å²) in [5, 5.41) is 8.83. The Morgan fingerprint density at radius 1 is 1.00 bits per heavy atom. The van der Waals surface area contributed by atoms with Gasteiger partial charge in [-0.2, -0.15) is 0 Å². The summed E-state index contributed by atoms with van der Waals surface area (Å²) in [5.74, 6) is -0.702. The highest BCUT2D eigenvalue weighted by molar-refractivity contribution is 5.87. The summed E-state index contributed by atoms with van der Waals surface area (Å²) in [4.78, 5) is 24.9. The van der Waals surface area contributed by atoms with Crippen LogP contribution in [0.2, 0.25) is 0 Å². The predicted octanol–water partition coefficient (Wildman–Crippen LogP) is 2.72. The number of aromatic carboxylic acids is 1. The van der Waals surface area contributed by atoms with Crippen LogP contribution in [0.4, 0.5) is 0 Å². The predicted molar refractivity (Wildman–Crippen MR) is 76.8 cm³/mol. The largest absolute Gasteiger partial charge is 0.478 e. The molecule has 0 atom stereocenters. The number of carboxylic acids is 1. The molecule has 1 aromatic carbocycles. The van der Waals surface area contributed by atoms with E-state index in [-0.39, 0.29) is 11.5 Å². The summed E-state index contributed by atoms with van der Waals surface area (Å²) >= 11 is 0. The second-order valence-corrected chi connectivity index (χ2v) is 5.30. The Hall–Kier alpha value is -1.84. The van der Waals surface area contributed by atoms with E-state index in [1.165, 1.54) is 12.8 Å². The molecule has 1 fully saturated rings. The lowest BCUT2D eigenvalue weighted by Crippen LogP contribution is -2.31. The fourth-order valence-electron chi connectivity index (χ4n) is 2.54. The van der Waals surface area contributed by atoms with Gasteiger partial charge in [-0.15, -0.1) is 0 Å². The van der Waals surface area contributed by atoms with Gasteiger partial charge in [0.25, 0.3) is 0 Å². The molecule has 1 aromatic rings. The number of carboxylic acid groups (broad SMARTS) is 1. The smallest absolute Gasteiger partial charge is 0.335 e. The van der Waals surface area contributed by atoms with Gasteiger partial charge in [-0.1, -0.05) is 25.0 Å². The van der Waals surface area contributed by atoms with Crippen molar-refractivity contribution >= 4 is 11.9 Å². The Morgan fingerprint density at radius 2 is 1.60 bits per heavy atom. The number of nitrogens with zero attached hydrogens (tertiary/aromatic N) is 1. The van der Waals surface area contributed by atoms with Crippen LogP contribution in [0.15, 0.2) is 24.3 Å². The Balaban J connectivity index is 1.84. The third-order valence-electron chi connectivity index (χ3n) is 3.79. The number of hydrogen-bond donors (Lipinski definition) is 1. The molecule has 1 saturated heterocycles. The first-order valence-corrected chi connectivity index (χ1v) is 7.27. The van der Waals surface area contributed by atoms with Crippen molar-refractivity contribution in [3.8, 4) is 0 Å². The second-order valence-electron chi connectivity index (χ2n) is 5.30. The van der Waals surface area contributed by atoms with E-state index in [0.29, 0.717) is 12.8 Å². The molecule has 4 heteroatoms. The molecule has 1 aliphatic rings. The average Bonchev–Trinajstić information content (AvgIpc) is 2.74. The molecule has 0 radical (unpaired) electrons. The number of aryl methyl sites for hydroxylation is 1. The lowest BCUT2D eigenvalue weighted by molar-refractivity contribution is -0.131. The maximum atomic E-state index is 12.1. The fraction of sp³-hybridized carbons (Fsp3) is 0.500. The molecule has 2 rings (SSSR count). The average molecular weight is 275 g/mol. The van der Waals surface area contributed by atoms with Gasteiger partial charge < -0.3 is 10.0 Å². The molecule has 1 N–H and O–H groups in total. The van der Waals surface area contributed by atoms with Gasteiger partial charge in [-0.25, -0.2) is 4.79 Å². The van der Waals surface area contributed by atoms with Crippen LogP contribution in [-0.4, -0.2) is 35.0 Å². The number of likely N-dealkylation sites (tertiary alicyclic amines) is 1. The summed E-state index contributed by atoms with van der Waals surface area (Å²) < 4.78 is 0. The molecule has 1 aliphatic heterocycles. The first-order valence-electron chi connectivity index (χ1n) is 7.27. The molecular weight excluding hydrogens is 254 g/mol. The quantitative estimate of drug-likeness (QED) is 0.919. The van der Waals surface area contributed by atoms with Gasteiger partial charge in [0, 0.05) is 19.5 Å². The zero-order chi connectivity index (χ0) is 14.4. The normalized spacial score (nSPS) is 15.7. The lowest BCUT2D eigenvalue weighted by Gasteiger charge is -2.20. The highest BCUT2D eigenvalue weighted by atomic mass is 16.4. The molecule has 0 spiro atoms. The van der Waals surface area contributed by atoms with E-state index in [1.807, 2.05) is 4.90 Å². The molecule has 0 aliphatic carbocycles. The van der Waals surface area contributed by atoms with Gasteiger partial charge in [0.1, 0.15) is 0 Å². The summed E-state index contributed by atoms with van der Waals surface area (Å²) in [6.07, 6.45) is 5.85. The minimum absolute atomic E-state index is 0.217. The molecule has 0 bridgehead atoms. The van der Waals surface area contributed by atoms with Gasteiger partial charge in [-0.05, 0) is 37.0 Å². The van der Waals surface area contributed by atoms with E-state index < -0.39 is 5.97 Å². The van der Waals surface area contributed by atoms with Crippen molar-refractivity contribution in [2.24, 2.45) is 0 Å². The van der Waals surface area contributed by atoms with Crippen molar-refractivity contribution in [1.29, 1.82) is 0 Å². The van der Waals surface area contributed by atoms with Gasteiger partial charge in [0.2, 0.25) is 5.91 Å². The van der Waals surface area contributed by atoms with E-state index >= 15 is 0 Å². The SMILES string of the molecule is O=C(O)c1ccc(CCC(=O)N2CCCCCC2)cc1. The summed E-state index contributed by atoms with van der Waals surface area (Å²) in [6.45, 7) is 1.77. The maximum absolute atomic E-state index is 12.1. The van der Waals surface area contributed by atoms with Crippen molar-refractivity contribution in [2.45, 2.75) is 38.5 Å². The zero-order valence-electron chi connectivity index (χ0n) is 11.7. The summed E-state index contributed by atoms with van der Waals surface area (Å²) in [6, 6.07) is 6.76. The van der Waals surface area contributed by atoms with Gasteiger partial charge in [-0.3, -0.25) is 4.79 Å². The van der Waals surface area contributed by atoms with Crippen LogP contribution in [0.25, 0.3) is 0 Å². The fourth-order valence-corrected chi connectivity index (χ4v) is 2.54. The van der Waals surface area contributed by atoms with Crippen LogP contribution in [-0.2, 0) is 11.2 Å². The highest BCUT2D eigenvalue weighted by Crippen LogP contribution is 2.12. The minimum Gasteiger partial charge on any atom is -0.478 e. The van der Waals surface area contributed by atoms with E-state index in [2.05, 4.69) is 0 Å². The molecule has 1 heterocycles. The third-order valence-corrected chi connectivity index (χ3v) is 3.79. The number of carbonyl (C=O) groups is 2. The van der Waals surface area contributed by atoms with Crippen LogP contribution in [0.3, 0.4) is 0 Å². The maximum Gasteiger partial charge on any atom is 0.335 e. The van der Waals surface area contributed by atoms with Gasteiger partial charge in [0.15, 0.2) is 0 Å². The summed E-state index contributed by atoms with van der Waals surface area (Å²) in [5.41, 5.74) is 1.30. The number of rotatable bonds is 4. The first-order chi connectivity index (χ1) is 9.66. The Morgan fingerprint density at radius 3 is 2.15 bits per heavy atom. The van der Waals surface area contributed by atoms with Crippen LogP contribution < -0.4 is 0 Å². The van der Waals surface area contributed by atoms with Crippen molar-refractivity contribution in [3.63, 3.8) is 0 Å². The van der Waals surface area contributed by atoms with Gasteiger partial charge >= 0.3 is 5.97 Å². The third kappa shape index (κ3) is 4.08. The number of benzene rings is 1. The number of carbonyl (C=O) groups excluding carboxylic acids is 1. The molecule has 4 nitrogen and oxygen atoms in total. The van der Waals surface area contributed by atoms with Crippen molar-refractivity contribution in [3.05, 3.63) is 35.4 Å². The van der Waals surface area contributed by atoms with E-state index in [4.69, 9.17) is 5.11 Å². The summed E-state index contributed by atoms with van der Waals surface area (Å²) in [7, 11) is 0. The zero-order valence-corrected chi connectivity index (χ0v) is 11.7. The van der Waals surface area contributed by atoms with Crippen molar-refractivity contribution in [1.82, 2.24) is 4.90 Å². The van der Waals surface area contributed by atoms with E-state index in [9.17, 15) is 9.59 Å². The highest BCUT2D eigenvalue weighted by Gasteiger charge is 2.15. The lowest BCUT2D eigenvalue weighted by atomic mass is 10.1. The monoisotopic (exact) mass is 275 g/mol. The van der Waals surface area contributed by atoms with E-state index in [0.717, 1.165) is 31.5 Å². The minimum atomic E-state index is -0.919. The molecule has 0 aromatic heterocycles. The molecular formula is C16H21NO3. The first kappa shape index (κ1) is 14.6. The number of amides is 1. The standard InChI is InChI=1S/C16H21NO3/c18-15(17-11-3-1-2-4-12-17)10-7-13-5-8-14(9-6-13)16(19)20/h5-6,8-9H,1-4,7,10-12H2,(H,19,20). The van der Waals surface area contributed by atoms with Crippen LogP contribution >= 0.6 is 0 Å². The second kappa shape index (κ2) is 7.08. The molecule has 0 unspecified atom stereocenters. The van der Waals surface area contributed by atoms with Crippen LogP contribution in [0.1, 0.15) is 48.0 Å². The van der Waals surface area contributed by atoms with Crippen LogP contribution in [0.5, 0.6) is 0 Å². The number of hydrogen-bond acceptors (Lipinski definition) is 2. The molecule has 1 amide bonds.